The van der Waals surface area contributed by atoms with Crippen molar-refractivity contribution in [1.82, 2.24) is 29.2 Å². The van der Waals surface area contributed by atoms with Gasteiger partial charge in [0.15, 0.2) is 0 Å². The lowest BCUT2D eigenvalue weighted by molar-refractivity contribution is 0.316. The van der Waals surface area contributed by atoms with Gasteiger partial charge in [0.05, 0.1) is 6.20 Å². The van der Waals surface area contributed by atoms with Gasteiger partial charge >= 0.3 is 0 Å². The third kappa shape index (κ3) is 3.22. The van der Waals surface area contributed by atoms with Gasteiger partial charge in [-0.25, -0.2) is 4.98 Å². The molecule has 0 amide bonds. The number of imidazole rings is 1. The number of nitrogens with zero attached hydrogens (tertiary/aromatic N) is 6. The van der Waals surface area contributed by atoms with Gasteiger partial charge in [-0.1, -0.05) is 0 Å². The molecule has 0 radical (unpaired) electrons. The second-order valence-electron chi connectivity index (χ2n) is 6.71. The lowest BCUT2D eigenvalue weighted by Gasteiger charge is -2.19. The molecule has 4 heterocycles. The summed E-state index contributed by atoms with van der Waals surface area (Å²) in [5.41, 5.74) is 3.64. The molecule has 3 aromatic heterocycles. The molecular weight excluding hydrogens is 312 g/mol. The second-order valence-corrected chi connectivity index (χ2v) is 6.71. The van der Waals surface area contributed by atoms with Crippen molar-refractivity contribution in [3.8, 4) is 11.4 Å². The molecule has 4 rings (SSSR count). The number of pyridine rings is 1. The maximum absolute atomic E-state index is 4.66. The second kappa shape index (κ2) is 6.80. The standard InChI is InChI=1S/C19H24N6/c1-3-24-13-16(11-22-24)12-23-9-6-18(14-23)25-15(2)10-21-19(25)17-4-7-20-8-5-17/h4-5,7-8,10-11,13,18H,3,6,9,12,14H2,1-2H3. The third-order valence-electron chi connectivity index (χ3n) is 4.95. The molecule has 0 bridgehead atoms. The van der Waals surface area contributed by atoms with Crippen LogP contribution in [-0.2, 0) is 13.1 Å². The molecule has 0 saturated carbocycles. The summed E-state index contributed by atoms with van der Waals surface area (Å²) >= 11 is 0. The summed E-state index contributed by atoms with van der Waals surface area (Å²) in [7, 11) is 0. The Morgan fingerprint density at radius 1 is 1.20 bits per heavy atom. The van der Waals surface area contributed by atoms with E-state index in [0.29, 0.717) is 6.04 Å². The minimum absolute atomic E-state index is 0.465. The van der Waals surface area contributed by atoms with Gasteiger partial charge in [-0.3, -0.25) is 14.6 Å². The highest BCUT2D eigenvalue weighted by Gasteiger charge is 2.27. The van der Waals surface area contributed by atoms with Gasteiger partial charge in [0, 0.05) is 73.8 Å². The Morgan fingerprint density at radius 3 is 2.80 bits per heavy atom. The fraction of sp³-hybridized carbons (Fsp3) is 0.421. The maximum atomic E-state index is 4.66. The lowest BCUT2D eigenvalue weighted by atomic mass is 10.2. The van der Waals surface area contributed by atoms with Gasteiger partial charge < -0.3 is 4.57 Å². The Morgan fingerprint density at radius 2 is 2.04 bits per heavy atom. The smallest absolute Gasteiger partial charge is 0.140 e. The molecule has 1 fully saturated rings. The largest absolute Gasteiger partial charge is 0.324 e. The Bertz CT molecular complexity index is 835. The molecule has 1 aliphatic heterocycles. The number of rotatable bonds is 5. The van der Waals surface area contributed by atoms with Crippen molar-refractivity contribution in [2.75, 3.05) is 13.1 Å². The van der Waals surface area contributed by atoms with E-state index in [0.717, 1.165) is 44.0 Å². The summed E-state index contributed by atoms with van der Waals surface area (Å²) in [6.45, 7) is 8.31. The minimum Gasteiger partial charge on any atom is -0.324 e. The highest BCUT2D eigenvalue weighted by atomic mass is 15.3. The van der Waals surface area contributed by atoms with Crippen LogP contribution in [-0.4, -0.2) is 42.3 Å². The van der Waals surface area contributed by atoms with Gasteiger partial charge in [-0.15, -0.1) is 0 Å². The molecule has 6 nitrogen and oxygen atoms in total. The van der Waals surface area contributed by atoms with Crippen LogP contribution in [0, 0.1) is 6.92 Å². The first-order valence-electron chi connectivity index (χ1n) is 8.92. The van der Waals surface area contributed by atoms with Gasteiger partial charge in [0.25, 0.3) is 0 Å². The molecular formula is C19H24N6. The summed E-state index contributed by atoms with van der Waals surface area (Å²) in [4.78, 5) is 11.3. The molecule has 1 unspecified atom stereocenters. The van der Waals surface area contributed by atoms with Gasteiger partial charge in [0.2, 0.25) is 0 Å². The lowest BCUT2D eigenvalue weighted by Crippen LogP contribution is -2.21. The van der Waals surface area contributed by atoms with Crippen LogP contribution in [0.2, 0.25) is 0 Å². The monoisotopic (exact) mass is 336 g/mol. The van der Waals surface area contributed by atoms with Crippen LogP contribution in [0.5, 0.6) is 0 Å². The molecule has 1 atom stereocenters. The first-order chi connectivity index (χ1) is 12.2. The SMILES string of the molecule is CCn1cc(CN2CCC(n3c(C)cnc3-c3ccncc3)C2)cn1. The number of aromatic nitrogens is 5. The van der Waals surface area contributed by atoms with Crippen molar-refractivity contribution < 1.29 is 0 Å². The van der Waals surface area contributed by atoms with Crippen LogP contribution in [0.3, 0.4) is 0 Å². The molecule has 3 aromatic rings. The van der Waals surface area contributed by atoms with E-state index in [9.17, 15) is 0 Å². The Labute approximate surface area is 148 Å². The number of hydrogen-bond acceptors (Lipinski definition) is 4. The molecule has 6 heteroatoms. The molecule has 0 spiro atoms. The van der Waals surface area contributed by atoms with Gasteiger partial charge in [-0.05, 0) is 32.4 Å². The van der Waals surface area contributed by atoms with E-state index >= 15 is 0 Å². The molecule has 0 aromatic carbocycles. The van der Waals surface area contributed by atoms with Gasteiger partial charge in [-0.2, -0.15) is 5.10 Å². The normalized spacial score (nSPS) is 18.1. The third-order valence-corrected chi connectivity index (χ3v) is 4.95. The Balaban J connectivity index is 1.51. The highest BCUT2D eigenvalue weighted by Crippen LogP contribution is 2.30. The van der Waals surface area contributed by atoms with E-state index in [1.54, 1.807) is 0 Å². The number of likely N-dealkylation sites (tertiary alicyclic amines) is 1. The van der Waals surface area contributed by atoms with Crippen LogP contribution >= 0.6 is 0 Å². The van der Waals surface area contributed by atoms with E-state index in [4.69, 9.17) is 0 Å². The van der Waals surface area contributed by atoms with E-state index in [-0.39, 0.29) is 0 Å². The quantitative estimate of drug-likeness (QED) is 0.719. The van der Waals surface area contributed by atoms with Crippen molar-refractivity contribution >= 4 is 0 Å². The maximum Gasteiger partial charge on any atom is 0.140 e. The average molecular weight is 336 g/mol. The molecule has 0 aliphatic carbocycles. The molecule has 0 N–H and O–H groups in total. The van der Waals surface area contributed by atoms with Crippen molar-refractivity contribution in [2.24, 2.45) is 0 Å². The van der Waals surface area contributed by atoms with Crippen LogP contribution in [0.1, 0.15) is 30.6 Å². The zero-order valence-corrected chi connectivity index (χ0v) is 14.8. The Kier molecular flexibility index (Phi) is 4.36. The Hall–Kier alpha value is -2.47. The van der Waals surface area contributed by atoms with Crippen molar-refractivity contribution in [2.45, 2.75) is 39.4 Å². The van der Waals surface area contributed by atoms with E-state index in [1.807, 2.05) is 41.6 Å². The molecule has 130 valence electrons. The molecule has 1 aliphatic rings. The minimum atomic E-state index is 0.465. The van der Waals surface area contributed by atoms with Crippen molar-refractivity contribution in [3.63, 3.8) is 0 Å². The summed E-state index contributed by atoms with van der Waals surface area (Å²) in [5.74, 6) is 1.05. The molecule has 1 saturated heterocycles. The summed E-state index contributed by atoms with van der Waals surface area (Å²) in [5, 5.41) is 4.38. The van der Waals surface area contributed by atoms with E-state index in [1.165, 1.54) is 11.3 Å². The fourth-order valence-electron chi connectivity index (χ4n) is 3.71. The summed E-state index contributed by atoms with van der Waals surface area (Å²) in [6, 6.07) is 4.53. The first kappa shape index (κ1) is 16.0. The average Bonchev–Trinajstić information content (AvgIpc) is 3.36. The zero-order chi connectivity index (χ0) is 17.2. The van der Waals surface area contributed by atoms with E-state index < -0.39 is 0 Å². The van der Waals surface area contributed by atoms with Crippen molar-refractivity contribution in [1.29, 1.82) is 0 Å². The van der Waals surface area contributed by atoms with Gasteiger partial charge in [0.1, 0.15) is 5.82 Å². The highest BCUT2D eigenvalue weighted by molar-refractivity contribution is 5.55. The summed E-state index contributed by atoms with van der Waals surface area (Å²) in [6.07, 6.45) is 10.9. The molecule has 25 heavy (non-hydrogen) atoms. The zero-order valence-electron chi connectivity index (χ0n) is 14.8. The summed E-state index contributed by atoms with van der Waals surface area (Å²) < 4.78 is 4.38. The van der Waals surface area contributed by atoms with Crippen LogP contribution in [0.4, 0.5) is 0 Å². The number of aryl methyl sites for hydroxylation is 2. The fourth-order valence-corrected chi connectivity index (χ4v) is 3.71. The van der Waals surface area contributed by atoms with Crippen LogP contribution in [0.25, 0.3) is 11.4 Å². The van der Waals surface area contributed by atoms with E-state index in [2.05, 4.69) is 44.6 Å². The predicted molar refractivity (Wildman–Crippen MR) is 97.0 cm³/mol. The van der Waals surface area contributed by atoms with Crippen LogP contribution < -0.4 is 0 Å². The topological polar surface area (TPSA) is 51.8 Å². The number of hydrogen-bond donors (Lipinski definition) is 0. The first-order valence-corrected chi connectivity index (χ1v) is 8.92. The predicted octanol–water partition coefficient (Wildman–Crippen LogP) is 2.92. The van der Waals surface area contributed by atoms with Crippen molar-refractivity contribution in [3.05, 3.63) is 54.4 Å². The van der Waals surface area contributed by atoms with Crippen LogP contribution in [0.15, 0.2) is 43.1 Å².